The Morgan fingerprint density at radius 3 is 2.52 bits per heavy atom. The van der Waals surface area contributed by atoms with Gasteiger partial charge in [-0.1, -0.05) is 0 Å². The van der Waals surface area contributed by atoms with Crippen LogP contribution >= 0.6 is 0 Å². The largest absolute Gasteiger partial charge is 0.465 e. The van der Waals surface area contributed by atoms with Crippen LogP contribution in [0.2, 0.25) is 0 Å². The number of aromatic nitrogens is 4. The normalized spacial score (nSPS) is 14.4. The van der Waals surface area contributed by atoms with Gasteiger partial charge in [0, 0.05) is 31.7 Å². The van der Waals surface area contributed by atoms with E-state index in [-0.39, 0.29) is 5.91 Å². The molecule has 2 aromatic heterocycles. The minimum atomic E-state index is -0.899. The summed E-state index contributed by atoms with van der Waals surface area (Å²) in [5.74, 6) is 0.492. The van der Waals surface area contributed by atoms with Crippen molar-refractivity contribution in [2.24, 2.45) is 0 Å². The molecule has 2 amide bonds. The molecule has 1 saturated heterocycles. The van der Waals surface area contributed by atoms with E-state index in [1.807, 2.05) is 11.0 Å². The number of amides is 2. The maximum absolute atomic E-state index is 12.4. The lowest BCUT2D eigenvalue weighted by atomic mass is 10.2. The quantitative estimate of drug-likeness (QED) is 0.638. The molecule has 1 aliphatic rings. The second-order valence-corrected chi connectivity index (χ2v) is 6.14. The van der Waals surface area contributed by atoms with Crippen LogP contribution in [-0.4, -0.2) is 68.6 Å². The fourth-order valence-electron chi connectivity index (χ4n) is 2.96. The summed E-state index contributed by atoms with van der Waals surface area (Å²) in [5.41, 5.74) is 2.37. The van der Waals surface area contributed by atoms with Crippen LogP contribution in [0, 0.1) is 0 Å². The first-order chi connectivity index (χ1) is 13.1. The Balaban J connectivity index is 1.40. The number of pyridine rings is 1. The Labute approximate surface area is 153 Å². The lowest BCUT2D eigenvalue weighted by Crippen LogP contribution is -2.48. The van der Waals surface area contributed by atoms with Crippen molar-refractivity contribution in [3.63, 3.8) is 0 Å². The Morgan fingerprint density at radius 2 is 1.81 bits per heavy atom. The van der Waals surface area contributed by atoms with E-state index in [2.05, 4.69) is 25.7 Å². The van der Waals surface area contributed by atoms with Crippen LogP contribution in [0.15, 0.2) is 36.5 Å². The van der Waals surface area contributed by atoms with Crippen LogP contribution in [0.4, 0.5) is 16.3 Å². The Kier molecular flexibility index (Phi) is 4.29. The third kappa shape index (κ3) is 3.50. The highest BCUT2D eigenvalue weighted by Gasteiger charge is 2.21. The molecule has 3 N–H and O–H groups in total. The molecule has 1 aliphatic heterocycles. The van der Waals surface area contributed by atoms with E-state index in [1.54, 1.807) is 30.5 Å². The standard InChI is InChI=1S/C17H17N7O3/c25-16(11-1-3-13-14(9-11)21-22-20-13)19-12-2-4-15(18-10-12)23-5-7-24(8-6-23)17(26)27/h1-4,9-10H,5-8H2,(H,19,25)(H,26,27)(H,20,21,22). The molecule has 4 rings (SSSR count). The summed E-state index contributed by atoms with van der Waals surface area (Å²) in [4.78, 5) is 31.1. The molecule has 1 fully saturated rings. The summed E-state index contributed by atoms with van der Waals surface area (Å²) in [5, 5.41) is 22.2. The number of hydrogen-bond acceptors (Lipinski definition) is 6. The van der Waals surface area contributed by atoms with Gasteiger partial charge in [0.1, 0.15) is 16.9 Å². The highest BCUT2D eigenvalue weighted by molar-refractivity contribution is 6.05. The third-order valence-electron chi connectivity index (χ3n) is 4.46. The molecule has 3 heterocycles. The third-order valence-corrected chi connectivity index (χ3v) is 4.46. The molecule has 138 valence electrons. The van der Waals surface area contributed by atoms with Crippen molar-refractivity contribution in [1.82, 2.24) is 25.3 Å². The molecule has 0 saturated carbocycles. The highest BCUT2D eigenvalue weighted by atomic mass is 16.4. The number of nitrogens with one attached hydrogen (secondary N) is 2. The van der Waals surface area contributed by atoms with Crippen LogP contribution < -0.4 is 10.2 Å². The van der Waals surface area contributed by atoms with Crippen LogP contribution in [0.25, 0.3) is 11.0 Å². The predicted molar refractivity (Wildman–Crippen MR) is 97.9 cm³/mol. The van der Waals surface area contributed by atoms with E-state index in [4.69, 9.17) is 5.11 Å². The zero-order valence-electron chi connectivity index (χ0n) is 14.3. The van der Waals surface area contributed by atoms with E-state index in [0.717, 1.165) is 5.82 Å². The fourth-order valence-corrected chi connectivity index (χ4v) is 2.96. The van der Waals surface area contributed by atoms with Gasteiger partial charge >= 0.3 is 6.09 Å². The summed E-state index contributed by atoms with van der Waals surface area (Å²) in [7, 11) is 0. The maximum Gasteiger partial charge on any atom is 0.407 e. The molecule has 0 aliphatic carbocycles. The van der Waals surface area contributed by atoms with Crippen molar-refractivity contribution in [3.05, 3.63) is 42.1 Å². The lowest BCUT2D eigenvalue weighted by molar-refractivity contribution is 0.102. The zero-order valence-corrected chi connectivity index (χ0v) is 14.3. The Bertz CT molecular complexity index is 978. The maximum atomic E-state index is 12.4. The summed E-state index contributed by atoms with van der Waals surface area (Å²) in [6.07, 6.45) is 0.690. The molecule has 0 atom stereocenters. The van der Waals surface area contributed by atoms with Gasteiger partial charge in [-0.3, -0.25) is 4.79 Å². The van der Waals surface area contributed by atoms with E-state index >= 15 is 0 Å². The van der Waals surface area contributed by atoms with Gasteiger partial charge in [-0.25, -0.2) is 9.78 Å². The number of benzene rings is 1. The minimum Gasteiger partial charge on any atom is -0.465 e. The summed E-state index contributed by atoms with van der Waals surface area (Å²) in [6, 6.07) is 8.67. The lowest BCUT2D eigenvalue weighted by Gasteiger charge is -2.33. The van der Waals surface area contributed by atoms with Gasteiger partial charge in [-0.2, -0.15) is 15.4 Å². The number of carbonyl (C=O) groups excluding carboxylic acids is 1. The van der Waals surface area contributed by atoms with Crippen LogP contribution in [0.5, 0.6) is 0 Å². The first-order valence-electron chi connectivity index (χ1n) is 8.41. The predicted octanol–water partition coefficient (Wildman–Crippen LogP) is 1.41. The van der Waals surface area contributed by atoms with Gasteiger partial charge in [0.25, 0.3) is 5.91 Å². The van der Waals surface area contributed by atoms with Crippen LogP contribution in [0.3, 0.4) is 0 Å². The van der Waals surface area contributed by atoms with E-state index in [0.29, 0.717) is 48.5 Å². The number of rotatable bonds is 3. The van der Waals surface area contributed by atoms with Gasteiger partial charge in [0.05, 0.1) is 11.9 Å². The number of carbonyl (C=O) groups is 2. The van der Waals surface area contributed by atoms with Crippen LogP contribution in [-0.2, 0) is 0 Å². The monoisotopic (exact) mass is 367 g/mol. The van der Waals surface area contributed by atoms with Gasteiger partial charge in [0.2, 0.25) is 0 Å². The number of piperazine rings is 1. The SMILES string of the molecule is O=C(Nc1ccc(N2CCN(C(=O)O)CC2)nc1)c1ccc2n[nH]nc2c1. The Morgan fingerprint density at radius 1 is 1.04 bits per heavy atom. The molecule has 0 bridgehead atoms. The zero-order chi connectivity index (χ0) is 18.8. The fraction of sp³-hybridized carbons (Fsp3) is 0.235. The second kappa shape index (κ2) is 6.90. The molecular formula is C17H17N7O3. The Hall–Kier alpha value is -3.69. The van der Waals surface area contributed by atoms with E-state index in [1.165, 1.54) is 4.90 Å². The summed E-state index contributed by atoms with van der Waals surface area (Å²) in [6.45, 7) is 2.06. The van der Waals surface area contributed by atoms with Gasteiger partial charge in [-0.05, 0) is 30.3 Å². The first kappa shape index (κ1) is 16.8. The minimum absolute atomic E-state index is 0.260. The van der Waals surface area contributed by atoms with Crippen molar-refractivity contribution in [2.45, 2.75) is 0 Å². The number of hydrogen-bond donors (Lipinski definition) is 3. The van der Waals surface area contributed by atoms with Crippen molar-refractivity contribution >= 4 is 34.5 Å². The second-order valence-electron chi connectivity index (χ2n) is 6.14. The van der Waals surface area contributed by atoms with Gasteiger partial charge < -0.3 is 20.2 Å². The smallest absolute Gasteiger partial charge is 0.407 e. The first-order valence-corrected chi connectivity index (χ1v) is 8.41. The number of anilines is 2. The van der Waals surface area contributed by atoms with Crippen molar-refractivity contribution in [1.29, 1.82) is 0 Å². The average molecular weight is 367 g/mol. The van der Waals surface area contributed by atoms with Crippen LogP contribution in [0.1, 0.15) is 10.4 Å². The summed E-state index contributed by atoms with van der Waals surface area (Å²) < 4.78 is 0. The van der Waals surface area contributed by atoms with E-state index < -0.39 is 6.09 Å². The molecule has 27 heavy (non-hydrogen) atoms. The molecule has 10 heteroatoms. The highest BCUT2D eigenvalue weighted by Crippen LogP contribution is 2.18. The molecule has 1 aromatic carbocycles. The molecule has 0 unspecified atom stereocenters. The molecule has 0 radical (unpaired) electrons. The van der Waals surface area contributed by atoms with Gasteiger partial charge in [-0.15, -0.1) is 0 Å². The molecule has 0 spiro atoms. The van der Waals surface area contributed by atoms with E-state index in [9.17, 15) is 9.59 Å². The number of aromatic amines is 1. The molecular weight excluding hydrogens is 350 g/mol. The van der Waals surface area contributed by atoms with Crippen molar-refractivity contribution in [2.75, 3.05) is 36.4 Å². The number of fused-ring (bicyclic) bond motifs is 1. The number of nitrogens with zero attached hydrogens (tertiary/aromatic N) is 5. The van der Waals surface area contributed by atoms with Crippen molar-refractivity contribution < 1.29 is 14.7 Å². The molecule has 10 nitrogen and oxygen atoms in total. The topological polar surface area (TPSA) is 127 Å². The van der Waals surface area contributed by atoms with Crippen molar-refractivity contribution in [3.8, 4) is 0 Å². The average Bonchev–Trinajstić information content (AvgIpc) is 3.16. The molecule has 3 aromatic rings. The number of H-pyrrole nitrogens is 1. The van der Waals surface area contributed by atoms with Gasteiger partial charge in [0.15, 0.2) is 0 Å². The number of carboxylic acid groups (broad SMARTS) is 1. The summed E-state index contributed by atoms with van der Waals surface area (Å²) >= 11 is 0.